The second kappa shape index (κ2) is 7.61. The van der Waals surface area contributed by atoms with Gasteiger partial charge in [0, 0.05) is 21.7 Å². The number of piperidine rings is 1. The van der Waals surface area contributed by atoms with E-state index in [4.69, 9.17) is 11.6 Å². The lowest BCUT2D eigenvalue weighted by atomic mass is 9.98. The Labute approximate surface area is 139 Å². The van der Waals surface area contributed by atoms with Gasteiger partial charge in [-0.2, -0.15) is 0 Å². The molecule has 0 radical (unpaired) electrons. The molecule has 3 nitrogen and oxygen atoms in total. The maximum absolute atomic E-state index is 12.7. The maximum atomic E-state index is 12.7. The molecule has 0 aromatic heterocycles. The van der Waals surface area contributed by atoms with Crippen molar-refractivity contribution in [2.75, 3.05) is 20.1 Å². The van der Waals surface area contributed by atoms with Crippen LogP contribution in [0.4, 0.5) is 0 Å². The van der Waals surface area contributed by atoms with E-state index in [-0.39, 0.29) is 5.91 Å². The number of carbonyl (C=O) groups excluding carboxylic acids is 1. The summed E-state index contributed by atoms with van der Waals surface area (Å²) in [4.78, 5) is 14.7. The highest BCUT2D eigenvalue weighted by Gasteiger charge is 2.27. The summed E-state index contributed by atoms with van der Waals surface area (Å²) in [6, 6.07) is 5.92. The Kier molecular flexibility index (Phi) is 6.11. The van der Waals surface area contributed by atoms with Crippen molar-refractivity contribution in [3.05, 3.63) is 32.4 Å². The SMILES string of the molecule is CNCCC1CCCCN1C(=O)c1ccc(I)c(Cl)c1. The van der Waals surface area contributed by atoms with E-state index in [1.54, 1.807) is 6.07 Å². The Morgan fingerprint density at radius 1 is 1.50 bits per heavy atom. The van der Waals surface area contributed by atoms with Gasteiger partial charge < -0.3 is 10.2 Å². The average Bonchev–Trinajstić information content (AvgIpc) is 2.47. The molecule has 1 aliphatic heterocycles. The monoisotopic (exact) mass is 406 g/mol. The van der Waals surface area contributed by atoms with Crippen molar-refractivity contribution >= 4 is 40.1 Å². The van der Waals surface area contributed by atoms with Crippen LogP contribution in [0.2, 0.25) is 5.02 Å². The van der Waals surface area contributed by atoms with Gasteiger partial charge in [0.2, 0.25) is 0 Å². The molecule has 0 aliphatic carbocycles. The number of halogens is 2. The molecular formula is C15H20ClIN2O. The first-order chi connectivity index (χ1) is 9.63. The number of rotatable bonds is 4. The van der Waals surface area contributed by atoms with E-state index in [0.717, 1.165) is 35.9 Å². The summed E-state index contributed by atoms with van der Waals surface area (Å²) in [5, 5.41) is 3.82. The molecule has 1 aromatic rings. The predicted octanol–water partition coefficient (Wildman–Crippen LogP) is 3.55. The number of benzene rings is 1. The number of hydrogen-bond donors (Lipinski definition) is 1. The van der Waals surface area contributed by atoms with Crippen LogP contribution in [0.15, 0.2) is 18.2 Å². The summed E-state index contributed by atoms with van der Waals surface area (Å²) in [7, 11) is 1.95. The summed E-state index contributed by atoms with van der Waals surface area (Å²) in [6.07, 6.45) is 4.43. The largest absolute Gasteiger partial charge is 0.336 e. The molecule has 0 saturated carbocycles. The zero-order valence-electron chi connectivity index (χ0n) is 11.7. The molecule has 1 unspecified atom stereocenters. The van der Waals surface area contributed by atoms with E-state index >= 15 is 0 Å². The van der Waals surface area contributed by atoms with Gasteiger partial charge in [-0.15, -0.1) is 0 Å². The number of carbonyl (C=O) groups is 1. The van der Waals surface area contributed by atoms with Gasteiger partial charge in [0.05, 0.1) is 5.02 Å². The van der Waals surface area contributed by atoms with Crippen molar-refractivity contribution in [2.45, 2.75) is 31.7 Å². The third kappa shape index (κ3) is 3.86. The highest BCUT2D eigenvalue weighted by atomic mass is 127. The zero-order valence-corrected chi connectivity index (χ0v) is 14.6. The minimum atomic E-state index is 0.115. The normalized spacial score (nSPS) is 19.1. The van der Waals surface area contributed by atoms with Crippen molar-refractivity contribution in [3.8, 4) is 0 Å². The maximum Gasteiger partial charge on any atom is 0.254 e. The molecule has 20 heavy (non-hydrogen) atoms. The molecule has 1 N–H and O–H groups in total. The molecule has 1 atom stereocenters. The first kappa shape index (κ1) is 16.0. The molecule has 1 aliphatic rings. The number of amides is 1. The molecule has 0 bridgehead atoms. The van der Waals surface area contributed by atoms with Crippen molar-refractivity contribution < 1.29 is 4.79 Å². The summed E-state index contributed by atoms with van der Waals surface area (Å²) >= 11 is 8.30. The van der Waals surface area contributed by atoms with Gasteiger partial charge in [-0.3, -0.25) is 4.79 Å². The lowest BCUT2D eigenvalue weighted by Gasteiger charge is -2.36. The Morgan fingerprint density at radius 3 is 3.00 bits per heavy atom. The molecular weight excluding hydrogens is 387 g/mol. The van der Waals surface area contributed by atoms with E-state index in [1.807, 2.05) is 24.1 Å². The van der Waals surface area contributed by atoms with Crippen LogP contribution in [0.3, 0.4) is 0 Å². The molecule has 1 fully saturated rings. The van der Waals surface area contributed by atoms with Crippen LogP contribution in [0.5, 0.6) is 0 Å². The molecule has 5 heteroatoms. The molecule has 110 valence electrons. The average molecular weight is 407 g/mol. The predicted molar refractivity (Wildman–Crippen MR) is 91.4 cm³/mol. The van der Waals surface area contributed by atoms with E-state index in [9.17, 15) is 4.79 Å². The molecule has 1 heterocycles. The lowest BCUT2D eigenvalue weighted by Crippen LogP contribution is -2.44. The van der Waals surface area contributed by atoms with Crippen LogP contribution < -0.4 is 5.32 Å². The highest BCUT2D eigenvalue weighted by Crippen LogP contribution is 2.24. The zero-order chi connectivity index (χ0) is 14.5. The standard InChI is InChI=1S/C15H20ClIN2O/c1-18-8-7-12-4-2-3-9-19(12)15(20)11-5-6-14(17)13(16)10-11/h5-6,10,12,18H,2-4,7-9H2,1H3. The van der Waals surface area contributed by atoms with Crippen LogP contribution >= 0.6 is 34.2 Å². The van der Waals surface area contributed by atoms with Crippen LogP contribution in [-0.4, -0.2) is 37.0 Å². The van der Waals surface area contributed by atoms with Crippen molar-refractivity contribution in [1.29, 1.82) is 0 Å². The van der Waals surface area contributed by atoms with Gasteiger partial charge in [0.1, 0.15) is 0 Å². The molecule has 1 saturated heterocycles. The Hall–Kier alpha value is -0.330. The first-order valence-electron chi connectivity index (χ1n) is 7.04. The Bertz CT molecular complexity index is 481. The fourth-order valence-electron chi connectivity index (χ4n) is 2.67. The smallest absolute Gasteiger partial charge is 0.254 e. The lowest BCUT2D eigenvalue weighted by molar-refractivity contribution is 0.0602. The van der Waals surface area contributed by atoms with Gasteiger partial charge in [-0.25, -0.2) is 0 Å². The second-order valence-corrected chi connectivity index (χ2v) is 6.74. The minimum absolute atomic E-state index is 0.115. The third-order valence-corrected chi connectivity index (χ3v) is 5.35. The molecule has 1 amide bonds. The van der Waals surface area contributed by atoms with Crippen LogP contribution in [0, 0.1) is 3.57 Å². The number of hydrogen-bond acceptors (Lipinski definition) is 2. The van der Waals surface area contributed by atoms with E-state index < -0.39 is 0 Å². The van der Waals surface area contributed by atoms with Crippen molar-refractivity contribution in [1.82, 2.24) is 10.2 Å². The number of nitrogens with one attached hydrogen (secondary N) is 1. The highest BCUT2D eigenvalue weighted by molar-refractivity contribution is 14.1. The van der Waals surface area contributed by atoms with Crippen LogP contribution in [0.1, 0.15) is 36.0 Å². The molecule has 2 rings (SSSR count). The summed E-state index contributed by atoms with van der Waals surface area (Å²) in [6.45, 7) is 1.80. The Morgan fingerprint density at radius 2 is 2.30 bits per heavy atom. The van der Waals surface area contributed by atoms with Gasteiger partial charge in [-0.1, -0.05) is 11.6 Å². The minimum Gasteiger partial charge on any atom is -0.336 e. The van der Waals surface area contributed by atoms with Gasteiger partial charge in [0.25, 0.3) is 5.91 Å². The third-order valence-electron chi connectivity index (χ3n) is 3.78. The summed E-state index contributed by atoms with van der Waals surface area (Å²) in [5.41, 5.74) is 0.701. The number of likely N-dealkylation sites (tertiary alicyclic amines) is 1. The van der Waals surface area contributed by atoms with Crippen LogP contribution in [0.25, 0.3) is 0 Å². The van der Waals surface area contributed by atoms with Crippen LogP contribution in [-0.2, 0) is 0 Å². The Balaban J connectivity index is 2.14. The van der Waals surface area contributed by atoms with Crippen molar-refractivity contribution in [3.63, 3.8) is 0 Å². The van der Waals surface area contributed by atoms with Gasteiger partial charge in [-0.05, 0) is 80.1 Å². The second-order valence-electron chi connectivity index (χ2n) is 5.17. The fraction of sp³-hybridized carbons (Fsp3) is 0.533. The summed E-state index contributed by atoms with van der Waals surface area (Å²) < 4.78 is 0.978. The van der Waals surface area contributed by atoms with Gasteiger partial charge in [0.15, 0.2) is 0 Å². The van der Waals surface area contributed by atoms with Gasteiger partial charge >= 0.3 is 0 Å². The first-order valence-corrected chi connectivity index (χ1v) is 8.49. The molecule has 0 spiro atoms. The van der Waals surface area contributed by atoms with Crippen molar-refractivity contribution in [2.24, 2.45) is 0 Å². The van der Waals surface area contributed by atoms with E-state index in [1.165, 1.54) is 6.42 Å². The van der Waals surface area contributed by atoms with E-state index in [2.05, 4.69) is 27.9 Å². The number of nitrogens with zero attached hydrogens (tertiary/aromatic N) is 1. The van der Waals surface area contributed by atoms with E-state index in [0.29, 0.717) is 16.6 Å². The summed E-state index contributed by atoms with van der Waals surface area (Å²) in [5.74, 6) is 0.115. The fourth-order valence-corrected chi connectivity index (χ4v) is 3.19. The topological polar surface area (TPSA) is 32.3 Å². The quantitative estimate of drug-likeness (QED) is 0.776. The molecule has 1 aromatic carbocycles.